The lowest BCUT2D eigenvalue weighted by molar-refractivity contribution is -0.119. The van der Waals surface area contributed by atoms with Gasteiger partial charge in [-0.3, -0.25) is 14.7 Å². The van der Waals surface area contributed by atoms with Gasteiger partial charge in [-0.25, -0.2) is 0 Å². The number of pyridine rings is 1. The van der Waals surface area contributed by atoms with E-state index in [1.54, 1.807) is 12.3 Å². The van der Waals surface area contributed by atoms with Crippen LogP contribution in [-0.4, -0.2) is 29.4 Å². The first-order valence-corrected chi connectivity index (χ1v) is 8.61. The summed E-state index contributed by atoms with van der Waals surface area (Å²) in [4.78, 5) is 17.4. The van der Waals surface area contributed by atoms with Gasteiger partial charge in [-0.1, -0.05) is 35.9 Å². The largest absolute Gasteiger partial charge is 0.482 e. The molecular weight excluding hydrogens is 350 g/mol. The number of hydrogen-bond acceptors (Lipinski definition) is 4. The Morgan fingerprint density at radius 1 is 1.19 bits per heavy atom. The molecular formula is C20H20ClN3O2. The van der Waals surface area contributed by atoms with Crippen molar-refractivity contribution in [2.45, 2.75) is 13.1 Å². The predicted molar refractivity (Wildman–Crippen MR) is 103 cm³/mol. The van der Waals surface area contributed by atoms with E-state index in [0.29, 0.717) is 10.8 Å². The highest BCUT2D eigenvalue weighted by molar-refractivity contribution is 6.32. The minimum absolute atomic E-state index is 0.186. The van der Waals surface area contributed by atoms with Crippen molar-refractivity contribution in [1.29, 1.82) is 0 Å². The summed E-state index contributed by atoms with van der Waals surface area (Å²) >= 11 is 6.23. The molecule has 3 aromatic rings. The Bertz CT molecular complexity index is 925. The van der Waals surface area contributed by atoms with Gasteiger partial charge in [0.25, 0.3) is 5.91 Å². The monoisotopic (exact) mass is 369 g/mol. The molecule has 1 heterocycles. The highest BCUT2D eigenvalue weighted by atomic mass is 35.5. The summed E-state index contributed by atoms with van der Waals surface area (Å²) in [6, 6.07) is 15.8. The molecule has 0 aliphatic rings. The van der Waals surface area contributed by atoms with Crippen LogP contribution in [0.2, 0.25) is 5.02 Å². The first kappa shape index (κ1) is 18.2. The molecule has 6 heteroatoms. The molecule has 26 heavy (non-hydrogen) atoms. The number of ether oxygens (including phenoxy) is 1. The Morgan fingerprint density at radius 3 is 2.81 bits per heavy atom. The van der Waals surface area contributed by atoms with Crippen molar-refractivity contribution < 1.29 is 9.53 Å². The van der Waals surface area contributed by atoms with E-state index in [4.69, 9.17) is 22.1 Å². The maximum atomic E-state index is 10.8. The number of carbonyl (C=O) groups excluding carboxylic acids is 1. The predicted octanol–water partition coefficient (Wildman–Crippen LogP) is 3.38. The summed E-state index contributed by atoms with van der Waals surface area (Å²) in [7, 11) is 2.06. The second kappa shape index (κ2) is 8.17. The SMILES string of the molecule is CN(Cc1ccc(OCC(N)=O)c(Cl)c1)Cc1cccc2ncccc12. The van der Waals surface area contributed by atoms with Gasteiger partial charge in [0.15, 0.2) is 6.61 Å². The Balaban J connectivity index is 1.68. The summed E-state index contributed by atoms with van der Waals surface area (Å²) < 4.78 is 5.27. The Hall–Kier alpha value is -2.63. The molecule has 0 fully saturated rings. The van der Waals surface area contributed by atoms with E-state index in [1.807, 2.05) is 30.3 Å². The summed E-state index contributed by atoms with van der Waals surface area (Å²) in [6.45, 7) is 1.33. The van der Waals surface area contributed by atoms with Crippen LogP contribution in [0, 0.1) is 0 Å². The molecule has 5 nitrogen and oxygen atoms in total. The third-order valence-electron chi connectivity index (χ3n) is 3.99. The fraction of sp³-hybridized carbons (Fsp3) is 0.200. The van der Waals surface area contributed by atoms with Crippen LogP contribution in [0.25, 0.3) is 10.9 Å². The van der Waals surface area contributed by atoms with Crippen LogP contribution in [0.3, 0.4) is 0 Å². The van der Waals surface area contributed by atoms with Gasteiger partial charge < -0.3 is 10.5 Å². The number of benzene rings is 2. The Labute approximate surface area is 157 Å². The molecule has 2 aromatic carbocycles. The van der Waals surface area contributed by atoms with Gasteiger partial charge in [-0.15, -0.1) is 0 Å². The normalized spacial score (nSPS) is 11.0. The highest BCUT2D eigenvalue weighted by Crippen LogP contribution is 2.26. The second-order valence-electron chi connectivity index (χ2n) is 6.18. The zero-order chi connectivity index (χ0) is 18.5. The molecule has 1 amide bonds. The van der Waals surface area contributed by atoms with Crippen molar-refractivity contribution in [3.8, 4) is 5.75 Å². The fourth-order valence-electron chi connectivity index (χ4n) is 2.87. The molecule has 0 saturated carbocycles. The van der Waals surface area contributed by atoms with E-state index < -0.39 is 5.91 Å². The van der Waals surface area contributed by atoms with Crippen LogP contribution in [0.1, 0.15) is 11.1 Å². The fourth-order valence-corrected chi connectivity index (χ4v) is 3.13. The molecule has 0 atom stereocenters. The number of rotatable bonds is 7. The highest BCUT2D eigenvalue weighted by Gasteiger charge is 2.09. The number of aromatic nitrogens is 1. The maximum absolute atomic E-state index is 10.8. The second-order valence-corrected chi connectivity index (χ2v) is 6.59. The van der Waals surface area contributed by atoms with E-state index in [-0.39, 0.29) is 6.61 Å². The van der Waals surface area contributed by atoms with E-state index in [0.717, 1.165) is 29.6 Å². The summed E-state index contributed by atoms with van der Waals surface area (Å²) in [6.07, 6.45) is 1.81. The molecule has 2 N–H and O–H groups in total. The molecule has 0 bridgehead atoms. The molecule has 1 aromatic heterocycles. The van der Waals surface area contributed by atoms with Crippen molar-refractivity contribution in [1.82, 2.24) is 9.88 Å². The quantitative estimate of drug-likeness (QED) is 0.693. The lowest BCUT2D eigenvalue weighted by atomic mass is 10.1. The zero-order valence-corrected chi connectivity index (χ0v) is 15.2. The Morgan fingerprint density at radius 2 is 2.04 bits per heavy atom. The minimum atomic E-state index is -0.533. The number of halogens is 1. The average Bonchev–Trinajstić information content (AvgIpc) is 2.61. The smallest absolute Gasteiger partial charge is 0.255 e. The molecule has 0 aliphatic carbocycles. The Kier molecular flexibility index (Phi) is 5.71. The summed E-state index contributed by atoms with van der Waals surface area (Å²) in [5.74, 6) is -0.0774. The van der Waals surface area contributed by atoms with Crippen molar-refractivity contribution in [2.24, 2.45) is 5.73 Å². The van der Waals surface area contributed by atoms with E-state index >= 15 is 0 Å². The molecule has 0 saturated heterocycles. The molecule has 134 valence electrons. The summed E-state index contributed by atoms with van der Waals surface area (Å²) in [5, 5.41) is 1.63. The van der Waals surface area contributed by atoms with Crippen LogP contribution in [-0.2, 0) is 17.9 Å². The lowest BCUT2D eigenvalue weighted by Crippen LogP contribution is -2.20. The van der Waals surface area contributed by atoms with Crippen molar-refractivity contribution in [3.05, 3.63) is 70.9 Å². The van der Waals surface area contributed by atoms with Crippen LogP contribution >= 0.6 is 11.6 Å². The van der Waals surface area contributed by atoms with Gasteiger partial charge in [0, 0.05) is 24.7 Å². The van der Waals surface area contributed by atoms with Gasteiger partial charge >= 0.3 is 0 Å². The molecule has 3 rings (SSSR count). The van der Waals surface area contributed by atoms with E-state index in [1.165, 1.54) is 5.56 Å². The number of nitrogens with zero attached hydrogens (tertiary/aromatic N) is 2. The van der Waals surface area contributed by atoms with E-state index in [9.17, 15) is 4.79 Å². The molecule has 0 aliphatic heterocycles. The third-order valence-corrected chi connectivity index (χ3v) is 4.29. The minimum Gasteiger partial charge on any atom is -0.482 e. The van der Waals surface area contributed by atoms with Gasteiger partial charge in [-0.05, 0) is 42.4 Å². The van der Waals surface area contributed by atoms with Gasteiger partial charge in [0.05, 0.1) is 10.5 Å². The number of amides is 1. The third kappa shape index (κ3) is 4.50. The number of carbonyl (C=O) groups is 1. The van der Waals surface area contributed by atoms with Crippen LogP contribution < -0.4 is 10.5 Å². The molecule has 0 radical (unpaired) electrons. The first-order valence-electron chi connectivity index (χ1n) is 8.23. The molecule has 0 unspecified atom stereocenters. The molecule has 0 spiro atoms. The van der Waals surface area contributed by atoms with Crippen LogP contribution in [0.15, 0.2) is 54.7 Å². The van der Waals surface area contributed by atoms with Crippen LogP contribution in [0.4, 0.5) is 0 Å². The lowest BCUT2D eigenvalue weighted by Gasteiger charge is -2.18. The zero-order valence-electron chi connectivity index (χ0n) is 14.5. The van der Waals surface area contributed by atoms with Crippen molar-refractivity contribution in [3.63, 3.8) is 0 Å². The topological polar surface area (TPSA) is 68.5 Å². The first-order chi connectivity index (χ1) is 12.5. The van der Waals surface area contributed by atoms with Crippen molar-refractivity contribution >= 4 is 28.4 Å². The van der Waals surface area contributed by atoms with Crippen LogP contribution in [0.5, 0.6) is 5.75 Å². The van der Waals surface area contributed by atoms with Gasteiger partial charge in [0.1, 0.15) is 5.75 Å². The maximum Gasteiger partial charge on any atom is 0.255 e. The number of primary amides is 1. The van der Waals surface area contributed by atoms with Crippen molar-refractivity contribution in [2.75, 3.05) is 13.7 Å². The van der Waals surface area contributed by atoms with E-state index in [2.05, 4.69) is 29.1 Å². The van der Waals surface area contributed by atoms with Gasteiger partial charge in [0.2, 0.25) is 0 Å². The average molecular weight is 370 g/mol. The standard InChI is InChI=1S/C20H20ClN3O2/c1-24(12-15-4-2-6-18-16(15)5-3-9-23-18)11-14-7-8-19(17(21)10-14)26-13-20(22)25/h2-10H,11-13H2,1H3,(H2,22,25). The number of fused-ring (bicyclic) bond motifs is 1. The number of nitrogens with two attached hydrogens (primary N) is 1. The summed E-state index contributed by atoms with van der Waals surface area (Å²) in [5.41, 5.74) is 8.36. The van der Waals surface area contributed by atoms with Gasteiger partial charge in [-0.2, -0.15) is 0 Å². The number of hydrogen-bond donors (Lipinski definition) is 1.